The fourth-order valence-corrected chi connectivity index (χ4v) is 8.29. The SMILES string of the molecule is CC1(C)C(c2ccccc2)=CC=CC1(CCCCN1CC[C@@H](O)C1)COc1cc(OCc2cncc(C#N)c2)c(CN2C[C@H](O)C[C@H]2C(=O)O)cc1Cl. The molecule has 3 aliphatic rings. The van der Waals surface area contributed by atoms with Crippen molar-refractivity contribution in [2.45, 2.75) is 77.4 Å². The first-order chi connectivity index (χ1) is 25.5. The third-order valence-electron chi connectivity index (χ3n) is 11.2. The Hall–Kier alpha value is -4.24. The number of carbonyl (C=O) groups is 1. The third-order valence-corrected chi connectivity index (χ3v) is 11.5. The molecule has 1 aliphatic carbocycles. The molecule has 10 nitrogen and oxygen atoms in total. The van der Waals surface area contributed by atoms with Crippen molar-refractivity contribution in [1.29, 1.82) is 5.26 Å². The minimum atomic E-state index is -0.996. The number of aromatic nitrogens is 1. The van der Waals surface area contributed by atoms with Crippen LogP contribution in [0.15, 0.2) is 79.2 Å². The summed E-state index contributed by atoms with van der Waals surface area (Å²) >= 11 is 6.97. The van der Waals surface area contributed by atoms with Gasteiger partial charge in [-0.15, -0.1) is 0 Å². The van der Waals surface area contributed by atoms with Gasteiger partial charge < -0.3 is 29.7 Å². The Balaban J connectivity index is 1.28. The molecular formula is C42H49ClN4O6. The van der Waals surface area contributed by atoms with Gasteiger partial charge in [-0.3, -0.25) is 14.7 Å². The van der Waals surface area contributed by atoms with Crippen LogP contribution in [-0.2, 0) is 17.9 Å². The standard InChI is InChI=1S/C42H49ClN4O6/c1-41(2)35(31-9-4-3-5-10-31)11-8-14-42(41,13-6-7-15-46-16-12-33(48)25-46)28-53-39-20-38(52-27-30-17-29(21-44)22-45-23-30)32(18-36(39)43)24-47-26-34(49)19-37(47)40(50)51/h3-5,8-11,14,17-18,20,22-23,33-34,37,48-49H,6-7,12-13,15-16,19,24-28H2,1-2H3,(H,50,51)/t33-,34-,37+,42?/m1/s1. The van der Waals surface area contributed by atoms with Gasteiger partial charge in [0.05, 0.1) is 29.4 Å². The van der Waals surface area contributed by atoms with Crippen LogP contribution >= 0.6 is 11.6 Å². The fourth-order valence-electron chi connectivity index (χ4n) is 8.05. The molecule has 53 heavy (non-hydrogen) atoms. The molecule has 3 aromatic rings. The van der Waals surface area contributed by atoms with Crippen molar-refractivity contribution < 1.29 is 29.6 Å². The number of aliphatic hydroxyl groups excluding tert-OH is 2. The molecule has 0 amide bonds. The number of ether oxygens (including phenoxy) is 2. The number of rotatable bonds is 15. The number of aliphatic carboxylic acids is 1. The largest absolute Gasteiger partial charge is 0.491 e. The van der Waals surface area contributed by atoms with E-state index < -0.39 is 23.5 Å². The molecule has 1 unspecified atom stereocenters. The predicted octanol–water partition coefficient (Wildman–Crippen LogP) is 6.49. The van der Waals surface area contributed by atoms with Gasteiger partial charge >= 0.3 is 5.97 Å². The van der Waals surface area contributed by atoms with Gasteiger partial charge in [0.25, 0.3) is 0 Å². The highest BCUT2D eigenvalue weighted by molar-refractivity contribution is 6.32. The number of likely N-dealkylation sites (tertiary alicyclic amines) is 2. The minimum absolute atomic E-state index is 0.112. The number of aliphatic hydroxyl groups is 2. The van der Waals surface area contributed by atoms with Crippen molar-refractivity contribution >= 4 is 23.1 Å². The van der Waals surface area contributed by atoms with E-state index in [1.54, 1.807) is 29.3 Å². The number of nitrogens with zero attached hydrogens (tertiary/aromatic N) is 4. The number of hydrogen-bond donors (Lipinski definition) is 3. The van der Waals surface area contributed by atoms with Crippen molar-refractivity contribution in [3.63, 3.8) is 0 Å². The maximum Gasteiger partial charge on any atom is 0.321 e. The molecule has 6 rings (SSSR count). The summed E-state index contributed by atoms with van der Waals surface area (Å²) in [4.78, 5) is 20.3. The van der Waals surface area contributed by atoms with Gasteiger partial charge in [0.2, 0.25) is 0 Å². The number of allylic oxidation sites excluding steroid dienone is 3. The van der Waals surface area contributed by atoms with Gasteiger partial charge in [0, 0.05) is 73.0 Å². The van der Waals surface area contributed by atoms with Crippen LogP contribution in [0.3, 0.4) is 0 Å². The lowest BCUT2D eigenvalue weighted by Crippen LogP contribution is -2.43. The Bertz CT molecular complexity index is 1860. The van der Waals surface area contributed by atoms with Crippen LogP contribution in [0.2, 0.25) is 5.02 Å². The number of hydrogen-bond acceptors (Lipinski definition) is 9. The van der Waals surface area contributed by atoms with E-state index in [1.165, 1.54) is 11.8 Å². The van der Waals surface area contributed by atoms with Crippen molar-refractivity contribution in [3.8, 4) is 17.6 Å². The summed E-state index contributed by atoms with van der Waals surface area (Å²) in [6, 6.07) is 16.9. The zero-order valence-corrected chi connectivity index (χ0v) is 31.2. The molecule has 4 atom stereocenters. The van der Waals surface area contributed by atoms with Gasteiger partial charge in [-0.05, 0) is 49.1 Å². The Morgan fingerprint density at radius 2 is 1.87 bits per heavy atom. The highest BCUT2D eigenvalue weighted by atomic mass is 35.5. The van der Waals surface area contributed by atoms with E-state index in [2.05, 4.69) is 72.3 Å². The van der Waals surface area contributed by atoms with E-state index in [0.29, 0.717) is 39.8 Å². The Kier molecular flexibility index (Phi) is 12.2. The Labute approximate surface area is 316 Å². The molecule has 1 aromatic heterocycles. The summed E-state index contributed by atoms with van der Waals surface area (Å²) < 4.78 is 13.1. The number of β-amino-alcohol motifs (C(OH)–C–C–N with tert-alkyl or cyclic N) is 2. The van der Waals surface area contributed by atoms with Crippen LogP contribution in [-0.4, -0.2) is 87.1 Å². The highest BCUT2D eigenvalue weighted by Gasteiger charge is 2.47. The molecule has 0 spiro atoms. The quantitative estimate of drug-likeness (QED) is 0.148. The summed E-state index contributed by atoms with van der Waals surface area (Å²) in [7, 11) is 0. The molecule has 0 radical (unpaired) electrons. The monoisotopic (exact) mass is 740 g/mol. The second kappa shape index (κ2) is 16.8. The first-order valence-electron chi connectivity index (χ1n) is 18.4. The molecule has 280 valence electrons. The average Bonchev–Trinajstić information content (AvgIpc) is 3.74. The minimum Gasteiger partial charge on any atom is -0.491 e. The topological polar surface area (TPSA) is 139 Å². The van der Waals surface area contributed by atoms with Gasteiger partial charge in [-0.1, -0.05) is 80.4 Å². The lowest BCUT2D eigenvalue weighted by Gasteiger charge is -2.48. The van der Waals surface area contributed by atoms with Gasteiger partial charge in [-0.25, -0.2) is 0 Å². The number of halogens is 1. The summed E-state index contributed by atoms with van der Waals surface area (Å²) in [5, 5.41) is 40.0. The maximum absolute atomic E-state index is 12.0. The number of carboxylic acids is 1. The zero-order valence-electron chi connectivity index (χ0n) is 30.5. The van der Waals surface area contributed by atoms with Gasteiger partial charge in [-0.2, -0.15) is 5.26 Å². The smallest absolute Gasteiger partial charge is 0.321 e. The molecule has 2 saturated heterocycles. The number of nitriles is 1. The first-order valence-corrected chi connectivity index (χ1v) is 18.8. The lowest BCUT2D eigenvalue weighted by molar-refractivity contribution is -0.142. The van der Waals surface area contributed by atoms with Crippen molar-refractivity contribution in [2.24, 2.45) is 10.8 Å². The van der Waals surface area contributed by atoms with Crippen LogP contribution in [0.5, 0.6) is 11.5 Å². The number of carboxylic acid groups (broad SMARTS) is 1. The molecule has 2 fully saturated rings. The summed E-state index contributed by atoms with van der Waals surface area (Å²) in [6.45, 7) is 8.01. The van der Waals surface area contributed by atoms with Crippen LogP contribution in [0, 0.1) is 22.2 Å². The van der Waals surface area contributed by atoms with Crippen molar-refractivity contribution in [2.75, 3.05) is 32.8 Å². The van der Waals surface area contributed by atoms with Crippen molar-refractivity contribution in [1.82, 2.24) is 14.8 Å². The summed E-state index contributed by atoms with van der Waals surface area (Å²) in [6.07, 6.45) is 12.5. The second-order valence-corrected chi connectivity index (χ2v) is 15.5. The van der Waals surface area contributed by atoms with Gasteiger partial charge in [0.15, 0.2) is 0 Å². The van der Waals surface area contributed by atoms with E-state index in [4.69, 9.17) is 21.1 Å². The first kappa shape index (κ1) is 38.5. The van der Waals surface area contributed by atoms with Crippen LogP contribution in [0.4, 0.5) is 0 Å². The second-order valence-electron chi connectivity index (χ2n) is 15.1. The van der Waals surface area contributed by atoms with Crippen LogP contribution < -0.4 is 9.47 Å². The van der Waals surface area contributed by atoms with Crippen LogP contribution in [0.25, 0.3) is 5.57 Å². The predicted molar refractivity (Wildman–Crippen MR) is 203 cm³/mol. The number of benzene rings is 2. The van der Waals surface area contributed by atoms with Gasteiger partial charge in [0.1, 0.15) is 30.2 Å². The normalized spacial score (nSPS) is 24.2. The zero-order chi connectivity index (χ0) is 37.6. The van der Waals surface area contributed by atoms with E-state index in [9.17, 15) is 25.4 Å². The molecular weight excluding hydrogens is 692 g/mol. The number of pyridine rings is 1. The van der Waals surface area contributed by atoms with Crippen molar-refractivity contribution in [3.05, 3.63) is 106 Å². The Morgan fingerprint density at radius 1 is 1.06 bits per heavy atom. The molecule has 3 heterocycles. The summed E-state index contributed by atoms with van der Waals surface area (Å²) in [5.74, 6) is -0.0942. The van der Waals surface area contributed by atoms with Crippen LogP contribution in [0.1, 0.15) is 68.2 Å². The number of unbranched alkanes of at least 4 members (excludes halogenated alkanes) is 1. The summed E-state index contributed by atoms with van der Waals surface area (Å²) in [5.41, 5.74) is 3.44. The van der Waals surface area contributed by atoms with E-state index in [1.807, 2.05) is 6.07 Å². The average molecular weight is 741 g/mol. The van der Waals surface area contributed by atoms with E-state index in [0.717, 1.165) is 50.9 Å². The molecule has 0 bridgehead atoms. The Morgan fingerprint density at radius 3 is 2.60 bits per heavy atom. The molecule has 11 heteroatoms. The lowest BCUT2D eigenvalue weighted by atomic mass is 9.57. The molecule has 2 aliphatic heterocycles. The molecule has 0 saturated carbocycles. The highest BCUT2D eigenvalue weighted by Crippen LogP contribution is 2.55. The fraction of sp³-hybridized carbons (Fsp3) is 0.452. The maximum atomic E-state index is 12.0. The van der Waals surface area contributed by atoms with E-state index in [-0.39, 0.29) is 37.6 Å². The third kappa shape index (κ3) is 8.94. The molecule has 2 aromatic carbocycles. The van der Waals surface area contributed by atoms with E-state index >= 15 is 0 Å². The molecule has 3 N–H and O–H groups in total.